The van der Waals surface area contributed by atoms with E-state index in [9.17, 15) is 13.2 Å². The maximum absolute atomic E-state index is 12.2. The number of benzene rings is 1. The highest BCUT2D eigenvalue weighted by Crippen LogP contribution is 2.15. The molecule has 0 aliphatic carbocycles. The highest BCUT2D eigenvalue weighted by Gasteiger charge is 2.18. The fourth-order valence-electron chi connectivity index (χ4n) is 2.19. The molecule has 26 heavy (non-hydrogen) atoms. The molecule has 0 spiro atoms. The van der Waals surface area contributed by atoms with Crippen LogP contribution >= 0.6 is 0 Å². The lowest BCUT2D eigenvalue weighted by molar-refractivity contribution is 0.0955. The van der Waals surface area contributed by atoms with E-state index < -0.39 is 15.9 Å². The summed E-state index contributed by atoms with van der Waals surface area (Å²) in [6, 6.07) is 9.44. The molecule has 0 saturated carbocycles. The summed E-state index contributed by atoms with van der Waals surface area (Å²) in [4.78, 5) is 12.2. The summed E-state index contributed by atoms with van der Waals surface area (Å²) in [5.74, 6) is -0.536. The molecule has 8 nitrogen and oxygen atoms in total. The Morgan fingerprint density at radius 1 is 1.35 bits per heavy atom. The van der Waals surface area contributed by atoms with E-state index in [1.807, 2.05) is 6.92 Å². The first kappa shape index (κ1) is 19.4. The predicted octanol–water partition coefficient (Wildman–Crippen LogP) is 1.22. The molecule has 1 N–H and O–H groups in total. The van der Waals surface area contributed by atoms with Gasteiger partial charge >= 0.3 is 0 Å². The molecule has 0 fully saturated rings. The van der Waals surface area contributed by atoms with Gasteiger partial charge in [-0.3, -0.25) is 4.79 Å². The van der Waals surface area contributed by atoms with Gasteiger partial charge in [0.1, 0.15) is 11.8 Å². The van der Waals surface area contributed by atoms with Crippen LogP contribution < -0.4 is 5.43 Å². The Kier molecular flexibility index (Phi) is 5.59. The number of nitriles is 1. The van der Waals surface area contributed by atoms with E-state index in [2.05, 4.69) is 16.6 Å². The number of sulfonamides is 1. The van der Waals surface area contributed by atoms with Gasteiger partial charge in [-0.2, -0.15) is 10.4 Å². The van der Waals surface area contributed by atoms with Crippen LogP contribution in [0, 0.1) is 18.3 Å². The number of carbonyl (C=O) groups is 1. The van der Waals surface area contributed by atoms with Crippen LogP contribution in [-0.4, -0.2) is 43.5 Å². The van der Waals surface area contributed by atoms with Crippen LogP contribution in [0.25, 0.3) is 0 Å². The molecule has 0 aliphatic heterocycles. The second kappa shape index (κ2) is 7.51. The number of nitrogens with one attached hydrogen (secondary N) is 1. The number of hydrogen-bond acceptors (Lipinski definition) is 5. The minimum atomic E-state index is -3.63. The average Bonchev–Trinajstić information content (AvgIpc) is 2.89. The van der Waals surface area contributed by atoms with Crippen molar-refractivity contribution in [2.75, 3.05) is 14.1 Å². The Bertz CT molecular complexity index is 1010. The fraction of sp³-hybridized carbons (Fsp3) is 0.235. The van der Waals surface area contributed by atoms with E-state index in [-0.39, 0.29) is 10.5 Å². The van der Waals surface area contributed by atoms with Gasteiger partial charge in [0.2, 0.25) is 10.0 Å². The Balaban J connectivity index is 2.18. The van der Waals surface area contributed by atoms with Crippen molar-refractivity contribution in [3.8, 4) is 6.07 Å². The lowest BCUT2D eigenvalue weighted by Gasteiger charge is -2.11. The minimum absolute atomic E-state index is 0.0247. The van der Waals surface area contributed by atoms with Crippen molar-refractivity contribution >= 4 is 22.1 Å². The Morgan fingerprint density at radius 3 is 2.62 bits per heavy atom. The van der Waals surface area contributed by atoms with Crippen LogP contribution in [0.1, 0.15) is 27.3 Å². The van der Waals surface area contributed by atoms with Crippen molar-refractivity contribution in [3.63, 3.8) is 0 Å². The number of nitrogens with zero attached hydrogens (tertiary/aromatic N) is 4. The van der Waals surface area contributed by atoms with Gasteiger partial charge in [0, 0.05) is 38.0 Å². The van der Waals surface area contributed by atoms with Gasteiger partial charge in [0.05, 0.1) is 11.1 Å². The molecule has 0 atom stereocenters. The monoisotopic (exact) mass is 373 g/mol. The normalized spacial score (nSPS) is 11.7. The van der Waals surface area contributed by atoms with E-state index in [1.54, 1.807) is 17.7 Å². The Morgan fingerprint density at radius 2 is 2.04 bits per heavy atom. The van der Waals surface area contributed by atoms with Crippen molar-refractivity contribution < 1.29 is 13.2 Å². The zero-order chi connectivity index (χ0) is 19.5. The Labute approximate surface area is 152 Å². The summed E-state index contributed by atoms with van der Waals surface area (Å²) in [7, 11) is 0.980. The largest absolute Gasteiger partial charge is 0.339 e. The summed E-state index contributed by atoms with van der Waals surface area (Å²) in [5.41, 5.74) is 4.55. The van der Waals surface area contributed by atoms with Gasteiger partial charge in [0.15, 0.2) is 0 Å². The number of aromatic nitrogens is 1. The predicted molar refractivity (Wildman–Crippen MR) is 97.2 cm³/mol. The van der Waals surface area contributed by atoms with E-state index >= 15 is 0 Å². The van der Waals surface area contributed by atoms with Crippen LogP contribution in [-0.2, 0) is 17.1 Å². The third-order valence-electron chi connectivity index (χ3n) is 3.93. The summed E-state index contributed by atoms with van der Waals surface area (Å²) in [6.07, 6.45) is 1.44. The van der Waals surface area contributed by atoms with Crippen molar-refractivity contribution in [2.45, 2.75) is 11.8 Å². The van der Waals surface area contributed by atoms with Crippen LogP contribution in [0.2, 0.25) is 0 Å². The number of rotatable bonds is 5. The SMILES string of the molecule is Cc1c(/C=N\NC(=O)c2cccc(S(=O)(=O)N(C)C)c2)cc(C#N)n1C. The summed E-state index contributed by atoms with van der Waals surface area (Å²) < 4.78 is 27.1. The fourth-order valence-corrected chi connectivity index (χ4v) is 3.14. The highest BCUT2D eigenvalue weighted by atomic mass is 32.2. The topological polar surface area (TPSA) is 108 Å². The van der Waals surface area contributed by atoms with Gasteiger partial charge in [-0.25, -0.2) is 18.1 Å². The van der Waals surface area contributed by atoms with Gasteiger partial charge < -0.3 is 4.57 Å². The van der Waals surface area contributed by atoms with E-state index in [0.717, 1.165) is 10.00 Å². The molecule has 1 amide bonds. The second-order valence-corrected chi connectivity index (χ2v) is 7.91. The molecule has 1 aromatic heterocycles. The lowest BCUT2D eigenvalue weighted by Crippen LogP contribution is -2.23. The van der Waals surface area contributed by atoms with Gasteiger partial charge in [-0.1, -0.05) is 6.07 Å². The smallest absolute Gasteiger partial charge is 0.271 e. The van der Waals surface area contributed by atoms with Crippen molar-refractivity contribution in [2.24, 2.45) is 12.1 Å². The molecule has 0 aliphatic rings. The molecule has 0 saturated heterocycles. The third kappa shape index (κ3) is 3.82. The minimum Gasteiger partial charge on any atom is -0.339 e. The molecule has 0 bridgehead atoms. The Hall–Kier alpha value is -2.96. The molecular weight excluding hydrogens is 354 g/mol. The van der Waals surface area contributed by atoms with Crippen LogP contribution in [0.15, 0.2) is 40.3 Å². The summed E-state index contributed by atoms with van der Waals surface area (Å²) >= 11 is 0. The number of amides is 1. The summed E-state index contributed by atoms with van der Waals surface area (Å²) in [6.45, 7) is 1.83. The molecule has 2 aromatic rings. The molecule has 0 radical (unpaired) electrons. The lowest BCUT2D eigenvalue weighted by atomic mass is 10.2. The van der Waals surface area contributed by atoms with Crippen molar-refractivity contribution in [3.05, 3.63) is 52.8 Å². The van der Waals surface area contributed by atoms with Gasteiger partial charge in [-0.15, -0.1) is 0 Å². The first-order valence-corrected chi connectivity index (χ1v) is 9.05. The number of hydrazone groups is 1. The van der Waals surface area contributed by atoms with Crippen LogP contribution in [0.5, 0.6) is 0 Å². The first-order valence-electron chi connectivity index (χ1n) is 7.61. The standard InChI is InChI=1S/C17H19N5O3S/c1-12-14(8-15(10-18)22(12)4)11-19-20-17(23)13-6-5-7-16(9-13)26(24,25)21(2)3/h5-9,11H,1-4H3,(H,20,23)/b19-11-. The van der Waals surface area contributed by atoms with E-state index in [4.69, 9.17) is 5.26 Å². The summed E-state index contributed by atoms with van der Waals surface area (Å²) in [5, 5.41) is 12.9. The zero-order valence-electron chi connectivity index (χ0n) is 14.9. The number of hydrogen-bond donors (Lipinski definition) is 1. The van der Waals surface area contributed by atoms with Gasteiger partial charge in [-0.05, 0) is 31.2 Å². The average molecular weight is 373 g/mol. The van der Waals surface area contributed by atoms with Crippen molar-refractivity contribution in [1.29, 1.82) is 5.26 Å². The third-order valence-corrected chi connectivity index (χ3v) is 5.74. The maximum Gasteiger partial charge on any atom is 0.271 e. The molecule has 1 aromatic carbocycles. The molecule has 9 heteroatoms. The molecular formula is C17H19N5O3S. The first-order chi connectivity index (χ1) is 12.2. The molecule has 136 valence electrons. The van der Waals surface area contributed by atoms with E-state index in [1.165, 1.54) is 44.6 Å². The molecule has 1 heterocycles. The van der Waals surface area contributed by atoms with Crippen LogP contribution in [0.4, 0.5) is 0 Å². The van der Waals surface area contributed by atoms with Crippen molar-refractivity contribution in [1.82, 2.24) is 14.3 Å². The molecule has 0 unspecified atom stereocenters. The molecule has 2 rings (SSSR count). The number of carbonyl (C=O) groups excluding carboxylic acids is 1. The zero-order valence-corrected chi connectivity index (χ0v) is 15.7. The van der Waals surface area contributed by atoms with Crippen LogP contribution in [0.3, 0.4) is 0 Å². The quantitative estimate of drug-likeness (QED) is 0.628. The van der Waals surface area contributed by atoms with Gasteiger partial charge in [0.25, 0.3) is 5.91 Å². The maximum atomic E-state index is 12.2. The highest BCUT2D eigenvalue weighted by molar-refractivity contribution is 7.89. The van der Waals surface area contributed by atoms with E-state index in [0.29, 0.717) is 11.3 Å². The second-order valence-electron chi connectivity index (χ2n) is 5.76.